The molecule has 0 saturated carbocycles. The Balaban J connectivity index is 1.98. The van der Waals surface area contributed by atoms with Gasteiger partial charge in [-0.05, 0) is 32.0 Å². The Hall–Kier alpha value is -1.40. The molecule has 2 aromatic heterocycles. The molecular formula is C14H14BrClN4O. The van der Waals surface area contributed by atoms with Gasteiger partial charge in [0, 0.05) is 17.4 Å². The van der Waals surface area contributed by atoms with Crippen LogP contribution in [0.25, 0.3) is 11.0 Å². The Bertz CT molecular complexity index is 780. The van der Waals surface area contributed by atoms with Crippen LogP contribution < -0.4 is 0 Å². The fraction of sp³-hybridized carbons (Fsp3) is 0.357. The molecule has 3 rings (SSSR count). The number of alkyl halides is 1. The van der Waals surface area contributed by atoms with Crippen LogP contribution in [-0.4, -0.2) is 19.7 Å². The Labute approximate surface area is 135 Å². The molecular weight excluding hydrogens is 356 g/mol. The van der Waals surface area contributed by atoms with Gasteiger partial charge in [0.05, 0.1) is 16.4 Å². The van der Waals surface area contributed by atoms with E-state index < -0.39 is 0 Å². The number of aryl methyl sites for hydroxylation is 3. The van der Waals surface area contributed by atoms with E-state index in [1.807, 2.05) is 32.0 Å². The maximum absolute atomic E-state index is 6.26. The highest BCUT2D eigenvalue weighted by Crippen LogP contribution is 2.27. The molecule has 7 heteroatoms. The third-order valence-corrected chi connectivity index (χ3v) is 3.90. The van der Waals surface area contributed by atoms with Crippen molar-refractivity contribution < 1.29 is 4.52 Å². The second kappa shape index (κ2) is 5.77. The van der Waals surface area contributed by atoms with Gasteiger partial charge in [-0.3, -0.25) is 0 Å². The normalized spacial score (nSPS) is 13.0. The Morgan fingerprint density at radius 1 is 1.38 bits per heavy atom. The summed E-state index contributed by atoms with van der Waals surface area (Å²) >= 11 is 9.76. The number of imidazole rings is 1. The SMILES string of the molecule is Cc1noc(CCn2c(C(C)Cl)nc3ccc(Br)cc32)n1. The van der Waals surface area contributed by atoms with Crippen molar-refractivity contribution in [2.75, 3.05) is 0 Å². The van der Waals surface area contributed by atoms with Crippen LogP contribution in [0.15, 0.2) is 27.2 Å². The standard InChI is InChI=1S/C14H14BrClN4O/c1-8(16)14-18-11-4-3-10(15)7-12(11)20(14)6-5-13-17-9(2)19-21-13/h3-4,7-8H,5-6H2,1-2H3. The molecule has 0 N–H and O–H groups in total. The number of hydrogen-bond acceptors (Lipinski definition) is 4. The molecule has 21 heavy (non-hydrogen) atoms. The summed E-state index contributed by atoms with van der Waals surface area (Å²) in [6.07, 6.45) is 0.648. The van der Waals surface area contributed by atoms with Gasteiger partial charge in [-0.15, -0.1) is 11.6 Å². The lowest BCUT2D eigenvalue weighted by Crippen LogP contribution is -2.07. The molecule has 1 atom stereocenters. The number of rotatable bonds is 4. The van der Waals surface area contributed by atoms with Crippen LogP contribution in [-0.2, 0) is 13.0 Å². The quantitative estimate of drug-likeness (QED) is 0.651. The summed E-state index contributed by atoms with van der Waals surface area (Å²) in [4.78, 5) is 8.84. The average Bonchev–Trinajstić information content (AvgIpc) is 3.00. The smallest absolute Gasteiger partial charge is 0.228 e. The van der Waals surface area contributed by atoms with Gasteiger partial charge in [0.25, 0.3) is 0 Å². The molecule has 2 heterocycles. The molecule has 0 fully saturated rings. The monoisotopic (exact) mass is 368 g/mol. The molecule has 0 saturated heterocycles. The van der Waals surface area contributed by atoms with Gasteiger partial charge in [0.15, 0.2) is 5.82 Å². The van der Waals surface area contributed by atoms with E-state index in [0.29, 0.717) is 24.7 Å². The summed E-state index contributed by atoms with van der Waals surface area (Å²) in [6.45, 7) is 4.43. The fourth-order valence-corrected chi connectivity index (χ4v) is 2.82. The lowest BCUT2D eigenvalue weighted by molar-refractivity contribution is 0.368. The molecule has 0 aliphatic rings. The lowest BCUT2D eigenvalue weighted by atomic mass is 10.3. The van der Waals surface area contributed by atoms with Crippen molar-refractivity contribution in [3.63, 3.8) is 0 Å². The molecule has 0 aliphatic heterocycles. The zero-order valence-electron chi connectivity index (χ0n) is 11.7. The van der Waals surface area contributed by atoms with E-state index >= 15 is 0 Å². The molecule has 0 aliphatic carbocycles. The zero-order chi connectivity index (χ0) is 15.0. The van der Waals surface area contributed by atoms with E-state index in [0.717, 1.165) is 21.3 Å². The number of hydrogen-bond donors (Lipinski definition) is 0. The number of halogens is 2. The maximum Gasteiger partial charge on any atom is 0.228 e. The Morgan fingerprint density at radius 3 is 2.86 bits per heavy atom. The molecule has 0 radical (unpaired) electrons. The second-order valence-corrected chi connectivity index (χ2v) is 6.43. The van der Waals surface area contributed by atoms with Crippen molar-refractivity contribution in [2.24, 2.45) is 0 Å². The van der Waals surface area contributed by atoms with E-state index in [1.54, 1.807) is 0 Å². The average molecular weight is 370 g/mol. The van der Waals surface area contributed by atoms with Crippen molar-refractivity contribution in [1.82, 2.24) is 19.7 Å². The van der Waals surface area contributed by atoms with Crippen molar-refractivity contribution in [3.05, 3.63) is 40.2 Å². The molecule has 0 spiro atoms. The molecule has 1 unspecified atom stereocenters. The molecule has 0 amide bonds. The fourth-order valence-electron chi connectivity index (χ4n) is 2.30. The lowest BCUT2D eigenvalue weighted by Gasteiger charge is -2.09. The number of aromatic nitrogens is 4. The summed E-state index contributed by atoms with van der Waals surface area (Å²) in [7, 11) is 0. The van der Waals surface area contributed by atoms with E-state index in [-0.39, 0.29) is 5.38 Å². The minimum absolute atomic E-state index is 0.166. The van der Waals surface area contributed by atoms with Gasteiger partial charge < -0.3 is 9.09 Å². The predicted molar refractivity (Wildman–Crippen MR) is 84.4 cm³/mol. The van der Waals surface area contributed by atoms with Crippen LogP contribution >= 0.6 is 27.5 Å². The van der Waals surface area contributed by atoms with Crippen LogP contribution in [0.2, 0.25) is 0 Å². The van der Waals surface area contributed by atoms with Crippen LogP contribution in [0, 0.1) is 6.92 Å². The van der Waals surface area contributed by atoms with Crippen molar-refractivity contribution >= 4 is 38.6 Å². The van der Waals surface area contributed by atoms with E-state index in [1.165, 1.54) is 0 Å². The van der Waals surface area contributed by atoms with E-state index in [9.17, 15) is 0 Å². The van der Waals surface area contributed by atoms with Crippen LogP contribution in [0.3, 0.4) is 0 Å². The van der Waals surface area contributed by atoms with Gasteiger partial charge in [-0.1, -0.05) is 21.1 Å². The minimum atomic E-state index is -0.166. The molecule has 1 aromatic carbocycles. The molecule has 3 aromatic rings. The molecule has 5 nitrogen and oxygen atoms in total. The van der Waals surface area contributed by atoms with Gasteiger partial charge in [0.1, 0.15) is 5.82 Å². The van der Waals surface area contributed by atoms with Crippen LogP contribution in [0.1, 0.15) is 29.8 Å². The summed E-state index contributed by atoms with van der Waals surface area (Å²) in [6, 6.07) is 6.00. The first-order chi connectivity index (χ1) is 10.0. The van der Waals surface area contributed by atoms with Gasteiger partial charge >= 0.3 is 0 Å². The summed E-state index contributed by atoms with van der Waals surface area (Å²) in [5.74, 6) is 2.12. The summed E-state index contributed by atoms with van der Waals surface area (Å²) in [5.41, 5.74) is 1.98. The third kappa shape index (κ3) is 2.96. The topological polar surface area (TPSA) is 56.7 Å². The van der Waals surface area contributed by atoms with Crippen molar-refractivity contribution in [2.45, 2.75) is 32.2 Å². The van der Waals surface area contributed by atoms with Crippen LogP contribution in [0.4, 0.5) is 0 Å². The first-order valence-electron chi connectivity index (χ1n) is 6.63. The van der Waals surface area contributed by atoms with Crippen molar-refractivity contribution in [1.29, 1.82) is 0 Å². The number of nitrogens with zero attached hydrogens (tertiary/aromatic N) is 4. The van der Waals surface area contributed by atoms with Crippen LogP contribution in [0.5, 0.6) is 0 Å². The van der Waals surface area contributed by atoms with Crippen molar-refractivity contribution in [3.8, 4) is 0 Å². The van der Waals surface area contributed by atoms with Gasteiger partial charge in [-0.2, -0.15) is 4.98 Å². The first kappa shape index (κ1) is 14.5. The Morgan fingerprint density at radius 2 is 2.19 bits per heavy atom. The third-order valence-electron chi connectivity index (χ3n) is 3.21. The number of benzene rings is 1. The molecule has 0 bridgehead atoms. The second-order valence-electron chi connectivity index (χ2n) is 4.86. The summed E-state index contributed by atoms with van der Waals surface area (Å²) in [5, 5.41) is 3.64. The predicted octanol–water partition coefficient (Wildman–Crippen LogP) is 4.03. The highest BCUT2D eigenvalue weighted by molar-refractivity contribution is 9.10. The van der Waals surface area contributed by atoms with Gasteiger partial charge in [-0.25, -0.2) is 4.98 Å². The van der Waals surface area contributed by atoms with E-state index in [2.05, 4.69) is 35.6 Å². The minimum Gasteiger partial charge on any atom is -0.339 e. The Kier molecular flexibility index (Phi) is 3.99. The first-order valence-corrected chi connectivity index (χ1v) is 7.86. The largest absolute Gasteiger partial charge is 0.339 e. The highest BCUT2D eigenvalue weighted by Gasteiger charge is 2.16. The maximum atomic E-state index is 6.26. The van der Waals surface area contributed by atoms with Gasteiger partial charge in [0.2, 0.25) is 5.89 Å². The summed E-state index contributed by atoms with van der Waals surface area (Å²) < 4.78 is 8.28. The number of fused-ring (bicyclic) bond motifs is 1. The zero-order valence-corrected chi connectivity index (χ0v) is 14.0. The highest BCUT2D eigenvalue weighted by atomic mass is 79.9. The van der Waals surface area contributed by atoms with E-state index in [4.69, 9.17) is 16.1 Å². The molecule has 110 valence electrons.